The highest BCUT2D eigenvalue weighted by Gasteiger charge is 2.27. The summed E-state index contributed by atoms with van der Waals surface area (Å²) >= 11 is 0. The van der Waals surface area contributed by atoms with Crippen LogP contribution in [0.1, 0.15) is 29.3 Å². The minimum atomic E-state index is -0.343. The van der Waals surface area contributed by atoms with Crippen molar-refractivity contribution >= 4 is 17.8 Å². The van der Waals surface area contributed by atoms with Crippen LogP contribution in [0.4, 0.5) is 0 Å². The Morgan fingerprint density at radius 2 is 2.00 bits per heavy atom. The van der Waals surface area contributed by atoms with Crippen molar-refractivity contribution in [1.29, 1.82) is 0 Å². The highest BCUT2D eigenvalue weighted by Crippen LogP contribution is 2.34. The Kier molecular flexibility index (Phi) is 5.17. The maximum Gasteiger partial charge on any atom is 0.310 e. The number of methoxy groups -OCH3 is 1. The van der Waals surface area contributed by atoms with E-state index in [-0.39, 0.29) is 23.9 Å². The summed E-state index contributed by atoms with van der Waals surface area (Å²) in [6.45, 7) is 1.71. The molecule has 3 rings (SSSR count). The Morgan fingerprint density at radius 3 is 2.77 bits per heavy atom. The molecule has 1 aliphatic rings. The van der Waals surface area contributed by atoms with E-state index in [0.717, 1.165) is 11.3 Å². The van der Waals surface area contributed by atoms with Crippen LogP contribution in [-0.2, 0) is 4.79 Å². The Hall–Kier alpha value is -3.34. The molecular formula is C21H18O5. The van der Waals surface area contributed by atoms with Crippen LogP contribution in [0.5, 0.6) is 17.2 Å². The van der Waals surface area contributed by atoms with Gasteiger partial charge in [0.15, 0.2) is 5.76 Å². The monoisotopic (exact) mass is 350 g/mol. The lowest BCUT2D eigenvalue weighted by atomic mass is 10.1. The SMILES string of the molecule is CCC(=O)Oc1ccc2c(c1)O/C(=C/C=C/c1ccccc1OC)C2=O. The smallest absolute Gasteiger partial charge is 0.310 e. The zero-order valence-electron chi connectivity index (χ0n) is 14.5. The van der Waals surface area contributed by atoms with Crippen LogP contribution in [0.3, 0.4) is 0 Å². The van der Waals surface area contributed by atoms with E-state index >= 15 is 0 Å². The third-order valence-corrected chi connectivity index (χ3v) is 3.82. The minimum absolute atomic E-state index is 0.210. The fourth-order valence-corrected chi connectivity index (χ4v) is 2.49. The second-order valence-electron chi connectivity index (χ2n) is 5.55. The molecule has 0 amide bonds. The van der Waals surface area contributed by atoms with Crippen molar-refractivity contribution in [3.8, 4) is 17.2 Å². The predicted octanol–water partition coefficient (Wildman–Crippen LogP) is 4.18. The van der Waals surface area contributed by atoms with Gasteiger partial charge >= 0.3 is 5.97 Å². The Balaban J connectivity index is 1.78. The first-order chi connectivity index (χ1) is 12.6. The molecule has 26 heavy (non-hydrogen) atoms. The number of carbonyl (C=O) groups is 2. The molecule has 0 aromatic heterocycles. The van der Waals surface area contributed by atoms with E-state index in [0.29, 0.717) is 17.1 Å². The maximum absolute atomic E-state index is 12.4. The normalized spacial score (nSPS) is 14.4. The van der Waals surface area contributed by atoms with Crippen LogP contribution in [0, 0.1) is 0 Å². The number of carbonyl (C=O) groups excluding carboxylic acids is 2. The van der Waals surface area contributed by atoms with Gasteiger partial charge in [0.2, 0.25) is 5.78 Å². The molecule has 132 valence electrons. The number of esters is 1. The molecule has 1 aliphatic heterocycles. The van der Waals surface area contributed by atoms with Crippen LogP contribution >= 0.6 is 0 Å². The Morgan fingerprint density at radius 1 is 1.19 bits per heavy atom. The first kappa shape index (κ1) is 17.5. The largest absolute Gasteiger partial charge is 0.496 e. The minimum Gasteiger partial charge on any atom is -0.496 e. The Bertz CT molecular complexity index is 908. The van der Waals surface area contributed by atoms with Gasteiger partial charge in [-0.1, -0.05) is 37.3 Å². The molecule has 0 N–H and O–H groups in total. The van der Waals surface area contributed by atoms with E-state index in [1.165, 1.54) is 0 Å². The van der Waals surface area contributed by atoms with E-state index in [2.05, 4.69) is 0 Å². The molecule has 5 nitrogen and oxygen atoms in total. The summed E-state index contributed by atoms with van der Waals surface area (Å²) in [5.74, 6) is 1.14. The van der Waals surface area contributed by atoms with Gasteiger partial charge < -0.3 is 14.2 Å². The number of hydrogen-bond donors (Lipinski definition) is 0. The molecule has 0 spiro atoms. The molecule has 0 saturated carbocycles. The number of rotatable bonds is 5. The lowest BCUT2D eigenvalue weighted by Crippen LogP contribution is -2.05. The van der Waals surface area contributed by atoms with Gasteiger partial charge in [-0.3, -0.25) is 9.59 Å². The number of para-hydroxylation sites is 1. The first-order valence-corrected chi connectivity index (χ1v) is 8.21. The number of benzene rings is 2. The lowest BCUT2D eigenvalue weighted by Gasteiger charge is -2.03. The highest BCUT2D eigenvalue weighted by molar-refractivity contribution is 6.12. The molecule has 0 fully saturated rings. The number of hydrogen-bond acceptors (Lipinski definition) is 5. The molecular weight excluding hydrogens is 332 g/mol. The van der Waals surface area contributed by atoms with Gasteiger partial charge in [0, 0.05) is 18.1 Å². The number of fused-ring (bicyclic) bond motifs is 1. The fraction of sp³-hybridized carbons (Fsp3) is 0.143. The predicted molar refractivity (Wildman–Crippen MR) is 97.4 cm³/mol. The molecule has 0 bridgehead atoms. The van der Waals surface area contributed by atoms with E-state index in [9.17, 15) is 9.59 Å². The molecule has 2 aromatic carbocycles. The molecule has 0 radical (unpaired) electrons. The van der Waals surface area contributed by atoms with Crippen molar-refractivity contribution < 1.29 is 23.8 Å². The second-order valence-corrected chi connectivity index (χ2v) is 5.55. The summed E-state index contributed by atoms with van der Waals surface area (Å²) in [5.41, 5.74) is 1.34. The van der Waals surface area contributed by atoms with Gasteiger partial charge in [0.05, 0.1) is 12.7 Å². The highest BCUT2D eigenvalue weighted by atomic mass is 16.5. The van der Waals surface area contributed by atoms with Crippen LogP contribution in [0.2, 0.25) is 0 Å². The van der Waals surface area contributed by atoms with Crippen LogP contribution in [0.15, 0.2) is 60.4 Å². The van der Waals surface area contributed by atoms with Crippen LogP contribution in [0.25, 0.3) is 6.08 Å². The molecule has 0 saturated heterocycles. The fourth-order valence-electron chi connectivity index (χ4n) is 2.49. The average Bonchev–Trinajstić information content (AvgIpc) is 2.97. The maximum atomic E-state index is 12.4. The first-order valence-electron chi connectivity index (χ1n) is 8.21. The number of ketones is 1. The summed E-state index contributed by atoms with van der Waals surface area (Å²) in [6.07, 6.45) is 5.44. The second kappa shape index (κ2) is 7.70. The van der Waals surface area contributed by atoms with Gasteiger partial charge in [-0.25, -0.2) is 0 Å². The summed E-state index contributed by atoms with van der Waals surface area (Å²) in [7, 11) is 1.61. The number of Topliss-reactive ketones (excluding diaryl/α,β-unsaturated/α-hetero) is 1. The van der Waals surface area contributed by atoms with Crippen molar-refractivity contribution in [3.63, 3.8) is 0 Å². The summed E-state index contributed by atoms with van der Waals surface area (Å²) in [5, 5.41) is 0. The van der Waals surface area contributed by atoms with Crippen molar-refractivity contribution in [2.24, 2.45) is 0 Å². The van der Waals surface area contributed by atoms with Crippen LogP contribution < -0.4 is 14.2 Å². The molecule has 2 aromatic rings. The summed E-state index contributed by atoms with van der Waals surface area (Å²) < 4.78 is 16.0. The zero-order chi connectivity index (χ0) is 18.5. The van der Waals surface area contributed by atoms with Gasteiger partial charge in [0.25, 0.3) is 0 Å². The molecule has 0 unspecified atom stereocenters. The number of ether oxygens (including phenoxy) is 3. The standard InChI is InChI=1S/C21H18O5/c1-3-20(22)25-15-11-12-16-19(13-15)26-18(21(16)23)10-6-8-14-7-4-5-9-17(14)24-2/h4-13H,3H2,1-2H3/b8-6+,18-10+. The van der Waals surface area contributed by atoms with Gasteiger partial charge in [-0.2, -0.15) is 0 Å². The van der Waals surface area contributed by atoms with Gasteiger partial charge in [0.1, 0.15) is 17.2 Å². The summed E-state index contributed by atoms with van der Waals surface area (Å²) in [4.78, 5) is 23.8. The van der Waals surface area contributed by atoms with Crippen molar-refractivity contribution in [2.75, 3.05) is 7.11 Å². The van der Waals surface area contributed by atoms with Gasteiger partial charge in [-0.05, 0) is 24.3 Å². The third-order valence-electron chi connectivity index (χ3n) is 3.82. The van der Waals surface area contributed by atoms with Crippen molar-refractivity contribution in [3.05, 3.63) is 71.5 Å². The molecule has 1 heterocycles. The third kappa shape index (κ3) is 3.67. The average molecular weight is 350 g/mol. The molecule has 0 aliphatic carbocycles. The van der Waals surface area contributed by atoms with Crippen LogP contribution in [-0.4, -0.2) is 18.9 Å². The van der Waals surface area contributed by atoms with Crippen molar-refractivity contribution in [1.82, 2.24) is 0 Å². The van der Waals surface area contributed by atoms with Crippen molar-refractivity contribution in [2.45, 2.75) is 13.3 Å². The number of allylic oxidation sites excluding steroid dienone is 3. The Labute approximate surface area is 151 Å². The van der Waals surface area contributed by atoms with E-state index in [4.69, 9.17) is 14.2 Å². The molecule has 0 atom stereocenters. The van der Waals surface area contributed by atoms with Gasteiger partial charge in [-0.15, -0.1) is 0 Å². The molecule has 5 heteroatoms. The quantitative estimate of drug-likeness (QED) is 0.460. The lowest BCUT2D eigenvalue weighted by molar-refractivity contribution is -0.134. The van der Waals surface area contributed by atoms with E-state index in [1.54, 1.807) is 44.4 Å². The topological polar surface area (TPSA) is 61.8 Å². The van der Waals surface area contributed by atoms with E-state index in [1.807, 2.05) is 30.3 Å². The summed E-state index contributed by atoms with van der Waals surface area (Å²) in [6, 6.07) is 12.3. The zero-order valence-corrected chi connectivity index (χ0v) is 14.5. The van der Waals surface area contributed by atoms with E-state index < -0.39 is 0 Å².